The Morgan fingerprint density at radius 3 is 2.90 bits per heavy atom. The standard InChI is InChI=1S/C7H13NO2/c1-3-5-4-6(5)8-7(9)10-2/h5-6H,3-4H2,1-2H3,(H,8,9). The molecule has 1 fully saturated rings. The van der Waals surface area contributed by atoms with Gasteiger partial charge in [0.05, 0.1) is 7.11 Å². The summed E-state index contributed by atoms with van der Waals surface area (Å²) >= 11 is 0. The molecule has 3 heteroatoms. The number of hydrogen-bond donors (Lipinski definition) is 1. The molecular formula is C7H13NO2. The van der Waals surface area contributed by atoms with Gasteiger partial charge in [0.1, 0.15) is 0 Å². The topological polar surface area (TPSA) is 38.3 Å². The van der Waals surface area contributed by atoms with Gasteiger partial charge in [-0.1, -0.05) is 13.3 Å². The van der Waals surface area contributed by atoms with Crippen molar-refractivity contribution in [3.05, 3.63) is 0 Å². The van der Waals surface area contributed by atoms with Crippen LogP contribution in [-0.4, -0.2) is 19.2 Å². The van der Waals surface area contributed by atoms with Crippen LogP contribution in [0.5, 0.6) is 0 Å². The summed E-state index contributed by atoms with van der Waals surface area (Å²) in [4.78, 5) is 10.6. The van der Waals surface area contributed by atoms with Crippen LogP contribution in [0.3, 0.4) is 0 Å². The summed E-state index contributed by atoms with van der Waals surface area (Å²) in [7, 11) is 1.39. The summed E-state index contributed by atoms with van der Waals surface area (Å²) in [5, 5.41) is 2.74. The van der Waals surface area contributed by atoms with Gasteiger partial charge in [0, 0.05) is 6.04 Å². The fourth-order valence-corrected chi connectivity index (χ4v) is 1.09. The summed E-state index contributed by atoms with van der Waals surface area (Å²) in [5.74, 6) is 0.694. The average Bonchev–Trinajstić information content (AvgIpc) is 2.67. The number of ether oxygens (including phenoxy) is 1. The molecular weight excluding hydrogens is 130 g/mol. The van der Waals surface area contributed by atoms with Gasteiger partial charge in [0.15, 0.2) is 0 Å². The van der Waals surface area contributed by atoms with Gasteiger partial charge < -0.3 is 10.1 Å². The van der Waals surface area contributed by atoms with Crippen LogP contribution in [0.15, 0.2) is 0 Å². The van der Waals surface area contributed by atoms with Crippen LogP contribution in [0.1, 0.15) is 19.8 Å². The summed E-state index contributed by atoms with van der Waals surface area (Å²) in [6.45, 7) is 2.13. The average molecular weight is 143 g/mol. The molecule has 1 aliphatic carbocycles. The predicted octanol–water partition coefficient (Wildman–Crippen LogP) is 1.14. The van der Waals surface area contributed by atoms with E-state index >= 15 is 0 Å². The number of amides is 1. The highest BCUT2D eigenvalue weighted by atomic mass is 16.5. The lowest BCUT2D eigenvalue weighted by Crippen LogP contribution is -2.26. The highest BCUT2D eigenvalue weighted by molar-refractivity contribution is 5.67. The maximum absolute atomic E-state index is 10.6. The van der Waals surface area contributed by atoms with E-state index in [9.17, 15) is 4.79 Å². The van der Waals surface area contributed by atoms with E-state index in [-0.39, 0.29) is 6.09 Å². The molecule has 0 heterocycles. The monoisotopic (exact) mass is 143 g/mol. The van der Waals surface area contributed by atoms with Crippen LogP contribution in [0.25, 0.3) is 0 Å². The van der Waals surface area contributed by atoms with E-state index in [1.54, 1.807) is 0 Å². The molecule has 1 N–H and O–H groups in total. The van der Waals surface area contributed by atoms with Crippen molar-refractivity contribution in [1.82, 2.24) is 5.32 Å². The first-order valence-electron chi connectivity index (χ1n) is 3.62. The first-order chi connectivity index (χ1) is 4.77. The number of nitrogens with one attached hydrogen (secondary N) is 1. The third-order valence-corrected chi connectivity index (χ3v) is 1.94. The first-order valence-corrected chi connectivity index (χ1v) is 3.62. The number of rotatable bonds is 2. The van der Waals surface area contributed by atoms with Crippen molar-refractivity contribution in [2.24, 2.45) is 5.92 Å². The molecule has 2 atom stereocenters. The Bertz CT molecular complexity index is 136. The van der Waals surface area contributed by atoms with Crippen molar-refractivity contribution in [2.45, 2.75) is 25.8 Å². The smallest absolute Gasteiger partial charge is 0.407 e. The van der Waals surface area contributed by atoms with Crippen LogP contribution < -0.4 is 5.32 Å². The van der Waals surface area contributed by atoms with Crippen LogP contribution in [0.2, 0.25) is 0 Å². The lowest BCUT2D eigenvalue weighted by atomic mass is 10.3. The van der Waals surface area contributed by atoms with Crippen molar-refractivity contribution in [3.8, 4) is 0 Å². The second kappa shape index (κ2) is 2.90. The fourth-order valence-electron chi connectivity index (χ4n) is 1.09. The summed E-state index contributed by atoms with van der Waals surface area (Å²) in [6, 6.07) is 0.387. The number of carbonyl (C=O) groups excluding carboxylic acids is 1. The Morgan fingerprint density at radius 2 is 2.50 bits per heavy atom. The van der Waals surface area contributed by atoms with E-state index < -0.39 is 0 Å². The van der Waals surface area contributed by atoms with Crippen LogP contribution >= 0.6 is 0 Å². The van der Waals surface area contributed by atoms with Crippen molar-refractivity contribution in [3.63, 3.8) is 0 Å². The second-order valence-electron chi connectivity index (χ2n) is 2.65. The third kappa shape index (κ3) is 1.62. The van der Waals surface area contributed by atoms with E-state index in [2.05, 4.69) is 17.0 Å². The molecule has 0 bridgehead atoms. The molecule has 1 amide bonds. The number of hydrogen-bond acceptors (Lipinski definition) is 2. The van der Waals surface area contributed by atoms with Crippen LogP contribution in [0, 0.1) is 5.92 Å². The van der Waals surface area contributed by atoms with Crippen molar-refractivity contribution >= 4 is 6.09 Å². The van der Waals surface area contributed by atoms with Gasteiger partial charge in [0.2, 0.25) is 0 Å². The quantitative estimate of drug-likeness (QED) is 0.629. The Labute approximate surface area is 60.7 Å². The number of alkyl carbamates (subject to hydrolysis) is 1. The van der Waals surface area contributed by atoms with Crippen molar-refractivity contribution < 1.29 is 9.53 Å². The molecule has 2 unspecified atom stereocenters. The normalized spacial score (nSPS) is 29.4. The molecule has 0 aromatic rings. The van der Waals surface area contributed by atoms with Gasteiger partial charge in [-0.05, 0) is 12.3 Å². The van der Waals surface area contributed by atoms with E-state index in [0.717, 1.165) is 12.8 Å². The Balaban J connectivity index is 2.11. The van der Waals surface area contributed by atoms with Gasteiger partial charge in [-0.15, -0.1) is 0 Å². The number of methoxy groups -OCH3 is 1. The predicted molar refractivity (Wildman–Crippen MR) is 37.7 cm³/mol. The highest BCUT2D eigenvalue weighted by Crippen LogP contribution is 2.32. The van der Waals surface area contributed by atoms with Gasteiger partial charge in [-0.2, -0.15) is 0 Å². The van der Waals surface area contributed by atoms with E-state index in [1.807, 2.05) is 0 Å². The largest absolute Gasteiger partial charge is 0.453 e. The Hall–Kier alpha value is -0.730. The maximum atomic E-state index is 10.6. The minimum Gasteiger partial charge on any atom is -0.453 e. The zero-order chi connectivity index (χ0) is 7.56. The van der Waals surface area contributed by atoms with Gasteiger partial charge >= 0.3 is 6.09 Å². The molecule has 1 aliphatic rings. The molecule has 1 rings (SSSR count). The lowest BCUT2D eigenvalue weighted by molar-refractivity contribution is 0.170. The highest BCUT2D eigenvalue weighted by Gasteiger charge is 2.36. The summed E-state index contributed by atoms with van der Waals surface area (Å²) in [6.07, 6.45) is 1.96. The van der Waals surface area contributed by atoms with E-state index in [4.69, 9.17) is 0 Å². The van der Waals surface area contributed by atoms with E-state index in [0.29, 0.717) is 12.0 Å². The maximum Gasteiger partial charge on any atom is 0.407 e. The van der Waals surface area contributed by atoms with Gasteiger partial charge in [0.25, 0.3) is 0 Å². The van der Waals surface area contributed by atoms with Crippen molar-refractivity contribution in [1.29, 1.82) is 0 Å². The second-order valence-corrected chi connectivity index (χ2v) is 2.65. The van der Waals surface area contributed by atoms with Crippen molar-refractivity contribution in [2.75, 3.05) is 7.11 Å². The van der Waals surface area contributed by atoms with Gasteiger partial charge in [-0.3, -0.25) is 0 Å². The molecule has 10 heavy (non-hydrogen) atoms. The third-order valence-electron chi connectivity index (χ3n) is 1.94. The minimum atomic E-state index is -0.305. The number of carbonyl (C=O) groups is 1. The van der Waals surface area contributed by atoms with E-state index in [1.165, 1.54) is 7.11 Å². The molecule has 0 aromatic heterocycles. The molecule has 0 saturated heterocycles. The summed E-state index contributed by atoms with van der Waals surface area (Å²) < 4.78 is 4.44. The molecule has 0 radical (unpaired) electrons. The molecule has 3 nitrogen and oxygen atoms in total. The molecule has 0 aromatic carbocycles. The zero-order valence-corrected chi connectivity index (χ0v) is 6.39. The molecule has 1 saturated carbocycles. The SMILES string of the molecule is CCC1CC1NC(=O)OC. The minimum absolute atomic E-state index is 0.305. The molecule has 0 aliphatic heterocycles. The van der Waals surface area contributed by atoms with Crippen LogP contribution in [0.4, 0.5) is 4.79 Å². The first kappa shape index (κ1) is 7.38. The summed E-state index contributed by atoms with van der Waals surface area (Å²) in [5.41, 5.74) is 0. The van der Waals surface area contributed by atoms with Gasteiger partial charge in [-0.25, -0.2) is 4.79 Å². The molecule has 58 valence electrons. The Morgan fingerprint density at radius 1 is 1.80 bits per heavy atom. The molecule has 0 spiro atoms. The Kier molecular flexibility index (Phi) is 2.14. The van der Waals surface area contributed by atoms with Crippen LogP contribution in [-0.2, 0) is 4.74 Å². The fraction of sp³-hybridized carbons (Fsp3) is 0.857. The zero-order valence-electron chi connectivity index (χ0n) is 6.39. The lowest BCUT2D eigenvalue weighted by Gasteiger charge is -1.99.